The highest BCUT2D eigenvalue weighted by molar-refractivity contribution is 5.95. The first-order valence-electron chi connectivity index (χ1n) is 8.38. The third kappa shape index (κ3) is 2.28. The number of anilines is 1. The Balaban J connectivity index is 1.39. The van der Waals surface area contributed by atoms with E-state index >= 15 is 0 Å². The molecule has 112 valence electrons. The minimum Gasteiger partial charge on any atom is -0.330 e. The number of nitrogens with one attached hydrogen (secondary N) is 1. The van der Waals surface area contributed by atoms with Gasteiger partial charge in [0.2, 0.25) is 5.91 Å². The van der Waals surface area contributed by atoms with Crippen molar-refractivity contribution in [2.45, 2.75) is 32.1 Å². The summed E-state index contributed by atoms with van der Waals surface area (Å²) in [4.78, 5) is 12.5. The lowest BCUT2D eigenvalue weighted by Crippen LogP contribution is -2.18. The van der Waals surface area contributed by atoms with Gasteiger partial charge in [0.05, 0.1) is 0 Å². The minimum absolute atomic E-state index is 0.262. The second-order valence-corrected chi connectivity index (χ2v) is 7.10. The number of aryl methyl sites for hydroxylation is 1. The lowest BCUT2D eigenvalue weighted by atomic mass is 10.0. The largest absolute Gasteiger partial charge is 0.330 e. The van der Waals surface area contributed by atoms with E-state index in [0.29, 0.717) is 24.3 Å². The second kappa shape index (κ2) is 5.13. The number of hydrogen-bond acceptors (Lipinski definition) is 2. The van der Waals surface area contributed by atoms with Gasteiger partial charge in [0, 0.05) is 11.6 Å². The second-order valence-electron chi connectivity index (χ2n) is 7.10. The Kier molecular flexibility index (Phi) is 3.26. The van der Waals surface area contributed by atoms with Crippen molar-refractivity contribution < 1.29 is 4.79 Å². The van der Waals surface area contributed by atoms with E-state index in [1.165, 1.54) is 24.8 Å². The number of fused-ring (bicyclic) bond motifs is 5. The molecule has 1 amide bonds. The van der Waals surface area contributed by atoms with Crippen LogP contribution in [0.4, 0.5) is 5.69 Å². The highest BCUT2D eigenvalue weighted by Crippen LogP contribution is 2.69. The summed E-state index contributed by atoms with van der Waals surface area (Å²) in [5.41, 5.74) is 7.77. The van der Waals surface area contributed by atoms with Crippen LogP contribution in [0, 0.1) is 29.6 Å². The number of benzene rings is 1. The summed E-state index contributed by atoms with van der Waals surface area (Å²) in [7, 11) is 0. The van der Waals surface area contributed by atoms with E-state index in [1.54, 1.807) is 0 Å². The van der Waals surface area contributed by atoms with Gasteiger partial charge >= 0.3 is 0 Å². The van der Waals surface area contributed by atoms with E-state index in [4.69, 9.17) is 5.73 Å². The molecule has 3 aliphatic carbocycles. The van der Waals surface area contributed by atoms with E-state index in [2.05, 4.69) is 17.4 Å². The van der Waals surface area contributed by atoms with Crippen molar-refractivity contribution in [3.8, 4) is 0 Å². The zero-order valence-electron chi connectivity index (χ0n) is 12.4. The molecule has 0 spiro atoms. The zero-order valence-corrected chi connectivity index (χ0v) is 12.4. The molecule has 4 unspecified atom stereocenters. The van der Waals surface area contributed by atoms with Gasteiger partial charge in [-0.2, -0.15) is 0 Å². The van der Waals surface area contributed by atoms with Crippen LogP contribution in [0.2, 0.25) is 0 Å². The van der Waals surface area contributed by atoms with Gasteiger partial charge in [0.25, 0.3) is 0 Å². The van der Waals surface area contributed by atoms with E-state index < -0.39 is 0 Å². The van der Waals surface area contributed by atoms with Crippen LogP contribution < -0.4 is 11.1 Å². The summed E-state index contributed by atoms with van der Waals surface area (Å²) in [6.07, 6.45) is 6.11. The van der Waals surface area contributed by atoms with Gasteiger partial charge in [-0.15, -0.1) is 0 Å². The average Bonchev–Trinajstić information content (AvgIpc) is 2.94. The van der Waals surface area contributed by atoms with Crippen LogP contribution >= 0.6 is 0 Å². The fraction of sp³-hybridized carbons (Fsp3) is 0.611. The normalized spacial score (nSPS) is 35.6. The standard InChI is InChI=1S/C18H24N2O/c19-8-2-4-11-3-1-5-14(9-11)20-18(21)17-15-12-6-7-13(10-12)16(15)17/h1,3,5,9,12-13,15-17H,2,4,6-8,10,19H2,(H,20,21). The number of rotatable bonds is 5. The van der Waals surface area contributed by atoms with Crippen molar-refractivity contribution in [2.75, 3.05) is 11.9 Å². The summed E-state index contributed by atoms with van der Waals surface area (Å²) >= 11 is 0. The fourth-order valence-electron chi connectivity index (χ4n) is 5.01. The van der Waals surface area contributed by atoms with Crippen molar-refractivity contribution in [3.05, 3.63) is 29.8 Å². The minimum atomic E-state index is 0.262. The predicted molar refractivity (Wildman–Crippen MR) is 83.7 cm³/mol. The lowest BCUT2D eigenvalue weighted by molar-refractivity contribution is -0.118. The molecule has 3 nitrogen and oxygen atoms in total. The van der Waals surface area contributed by atoms with Gasteiger partial charge in [-0.1, -0.05) is 12.1 Å². The van der Waals surface area contributed by atoms with Gasteiger partial charge in [-0.3, -0.25) is 4.79 Å². The maximum Gasteiger partial charge on any atom is 0.228 e. The van der Waals surface area contributed by atoms with Crippen LogP contribution in [0.1, 0.15) is 31.2 Å². The molecule has 0 radical (unpaired) electrons. The first kappa shape index (κ1) is 13.3. The molecule has 3 fully saturated rings. The third-order valence-electron chi connectivity index (χ3n) is 5.90. The van der Waals surface area contributed by atoms with Crippen LogP contribution in [0.15, 0.2) is 24.3 Å². The topological polar surface area (TPSA) is 55.1 Å². The van der Waals surface area contributed by atoms with E-state index in [1.807, 2.05) is 12.1 Å². The molecule has 0 saturated heterocycles. The molecule has 1 aromatic rings. The van der Waals surface area contributed by atoms with Gasteiger partial charge in [0.15, 0.2) is 0 Å². The van der Waals surface area contributed by atoms with Crippen molar-refractivity contribution in [1.82, 2.24) is 0 Å². The highest BCUT2D eigenvalue weighted by atomic mass is 16.2. The number of nitrogens with two attached hydrogens (primary N) is 1. The highest BCUT2D eigenvalue weighted by Gasteiger charge is 2.67. The Hall–Kier alpha value is -1.35. The summed E-state index contributed by atoms with van der Waals surface area (Å²) in [5.74, 6) is 3.70. The Morgan fingerprint density at radius 3 is 2.71 bits per heavy atom. The molecule has 0 heterocycles. The van der Waals surface area contributed by atoms with Gasteiger partial charge < -0.3 is 11.1 Å². The molecule has 21 heavy (non-hydrogen) atoms. The van der Waals surface area contributed by atoms with E-state index in [-0.39, 0.29) is 5.91 Å². The molecule has 0 aliphatic heterocycles. The molecule has 3 aliphatic rings. The average molecular weight is 284 g/mol. The molecule has 1 aromatic carbocycles. The zero-order chi connectivity index (χ0) is 14.4. The van der Waals surface area contributed by atoms with Gasteiger partial charge in [-0.05, 0) is 80.0 Å². The van der Waals surface area contributed by atoms with Crippen molar-refractivity contribution >= 4 is 11.6 Å². The van der Waals surface area contributed by atoms with Crippen molar-refractivity contribution in [2.24, 2.45) is 35.3 Å². The molecule has 4 atom stereocenters. The SMILES string of the molecule is NCCCc1cccc(NC(=O)C2C3C4CCC(C4)C23)c1. The molecule has 0 aromatic heterocycles. The van der Waals surface area contributed by atoms with E-state index in [9.17, 15) is 4.79 Å². The van der Waals surface area contributed by atoms with E-state index in [0.717, 1.165) is 30.4 Å². The molecular weight excluding hydrogens is 260 g/mol. The maximum atomic E-state index is 12.5. The van der Waals surface area contributed by atoms with Gasteiger partial charge in [0.1, 0.15) is 0 Å². The lowest BCUT2D eigenvalue weighted by Gasteiger charge is -2.10. The van der Waals surface area contributed by atoms with Crippen LogP contribution in [-0.4, -0.2) is 12.5 Å². The summed E-state index contributed by atoms with van der Waals surface area (Å²) in [6.45, 7) is 0.713. The number of amides is 1. The van der Waals surface area contributed by atoms with Crippen LogP contribution in [0.25, 0.3) is 0 Å². The Bertz CT molecular complexity index is 540. The summed E-state index contributed by atoms with van der Waals surface area (Å²) < 4.78 is 0. The Labute approximate surface area is 126 Å². The quantitative estimate of drug-likeness (QED) is 0.873. The Morgan fingerprint density at radius 1 is 1.24 bits per heavy atom. The van der Waals surface area contributed by atoms with Crippen molar-refractivity contribution in [1.29, 1.82) is 0 Å². The molecule has 3 heteroatoms. The number of carbonyl (C=O) groups is 1. The first-order valence-corrected chi connectivity index (χ1v) is 8.38. The number of carbonyl (C=O) groups excluding carboxylic acids is 1. The first-order chi connectivity index (χ1) is 10.3. The predicted octanol–water partition coefficient (Wildman–Crippen LogP) is 2.81. The molecule has 4 rings (SSSR count). The molecule has 2 bridgehead atoms. The third-order valence-corrected chi connectivity index (χ3v) is 5.90. The summed E-state index contributed by atoms with van der Waals surface area (Å²) in [6, 6.07) is 8.23. The number of hydrogen-bond donors (Lipinski definition) is 2. The maximum absolute atomic E-state index is 12.5. The fourth-order valence-corrected chi connectivity index (χ4v) is 5.01. The van der Waals surface area contributed by atoms with Gasteiger partial charge in [-0.25, -0.2) is 0 Å². The van der Waals surface area contributed by atoms with Crippen LogP contribution in [0.3, 0.4) is 0 Å². The molecule has 3 saturated carbocycles. The van der Waals surface area contributed by atoms with Crippen LogP contribution in [-0.2, 0) is 11.2 Å². The van der Waals surface area contributed by atoms with Crippen molar-refractivity contribution in [3.63, 3.8) is 0 Å². The molecular formula is C18H24N2O. The Morgan fingerprint density at radius 2 is 2.00 bits per heavy atom. The summed E-state index contributed by atoms with van der Waals surface area (Å²) in [5, 5.41) is 3.15. The smallest absolute Gasteiger partial charge is 0.228 e. The van der Waals surface area contributed by atoms with Crippen LogP contribution in [0.5, 0.6) is 0 Å². The monoisotopic (exact) mass is 284 g/mol. The molecule has 3 N–H and O–H groups in total.